The van der Waals surface area contributed by atoms with E-state index >= 15 is 0 Å². The fourth-order valence-corrected chi connectivity index (χ4v) is 7.57. The molecular weight excluding hydrogens is 707 g/mol. The number of ether oxygens (including phenoxy) is 1. The van der Waals surface area contributed by atoms with Crippen molar-refractivity contribution in [3.05, 3.63) is 24.3 Å². The first-order chi connectivity index (χ1) is 28.0. The molecule has 0 rings (SSSR count). The molecule has 6 nitrogen and oxygen atoms in total. The summed E-state index contributed by atoms with van der Waals surface area (Å²) in [6, 6.07) is -0.640. The zero-order chi connectivity index (χ0) is 41.5. The van der Waals surface area contributed by atoms with Crippen molar-refractivity contribution >= 4 is 11.9 Å². The van der Waals surface area contributed by atoms with Crippen LogP contribution >= 0.6 is 0 Å². The van der Waals surface area contributed by atoms with Crippen LogP contribution in [0.4, 0.5) is 0 Å². The van der Waals surface area contributed by atoms with E-state index in [2.05, 4.69) is 31.3 Å². The van der Waals surface area contributed by atoms with E-state index in [-0.39, 0.29) is 18.5 Å². The number of esters is 1. The summed E-state index contributed by atoms with van der Waals surface area (Å²) in [5.41, 5.74) is 0. The third-order valence-electron chi connectivity index (χ3n) is 11.5. The summed E-state index contributed by atoms with van der Waals surface area (Å²) in [7, 11) is 0. The number of hydrogen-bond donors (Lipinski definition) is 3. The largest absolute Gasteiger partial charge is 0.466 e. The van der Waals surface area contributed by atoms with Crippen molar-refractivity contribution in [1.29, 1.82) is 0 Å². The standard InChI is InChI=1S/C51H97NO5/c1-3-5-7-9-11-13-15-16-17-18-19-20-21-25-29-33-37-41-45-51(56)57-46-42-38-34-30-26-22-24-28-32-36-40-44-50(55)52-48(47-53)49(54)43-39-35-31-27-23-14-12-10-8-6-4-2/h17-18,39,43,48-49,53-54H,3-16,19-38,40-42,44-47H2,1-2H3,(H,52,55)/b18-17-,43-39+. The summed E-state index contributed by atoms with van der Waals surface area (Å²) in [6.45, 7) is 4.84. The molecule has 0 radical (unpaired) electrons. The minimum atomic E-state index is -0.855. The van der Waals surface area contributed by atoms with E-state index < -0.39 is 12.1 Å². The Balaban J connectivity index is 3.47. The summed E-state index contributed by atoms with van der Waals surface area (Å²) >= 11 is 0. The summed E-state index contributed by atoms with van der Waals surface area (Å²) in [5, 5.41) is 22.9. The van der Waals surface area contributed by atoms with Crippen molar-refractivity contribution in [1.82, 2.24) is 5.32 Å². The van der Waals surface area contributed by atoms with Crippen molar-refractivity contribution in [2.45, 2.75) is 276 Å². The van der Waals surface area contributed by atoms with Crippen LogP contribution in [0.25, 0.3) is 0 Å². The van der Waals surface area contributed by atoms with E-state index in [1.54, 1.807) is 6.08 Å². The molecule has 2 unspecified atom stereocenters. The highest BCUT2D eigenvalue weighted by Gasteiger charge is 2.18. The van der Waals surface area contributed by atoms with E-state index in [1.807, 2.05) is 6.08 Å². The lowest BCUT2D eigenvalue weighted by atomic mass is 10.0. The zero-order valence-electron chi connectivity index (χ0n) is 38.1. The van der Waals surface area contributed by atoms with Crippen LogP contribution in [0.3, 0.4) is 0 Å². The molecule has 0 aliphatic rings. The maximum atomic E-state index is 12.4. The lowest BCUT2D eigenvalue weighted by Crippen LogP contribution is -2.45. The smallest absolute Gasteiger partial charge is 0.305 e. The normalized spacial score (nSPS) is 12.8. The highest BCUT2D eigenvalue weighted by Crippen LogP contribution is 2.15. The predicted molar refractivity (Wildman–Crippen MR) is 246 cm³/mol. The Kier molecular flexibility index (Phi) is 45.7. The Morgan fingerprint density at radius 3 is 1.25 bits per heavy atom. The van der Waals surface area contributed by atoms with Gasteiger partial charge in [0, 0.05) is 12.8 Å². The molecule has 1 amide bonds. The van der Waals surface area contributed by atoms with Crippen molar-refractivity contribution < 1.29 is 24.5 Å². The summed E-state index contributed by atoms with van der Waals surface area (Å²) in [4.78, 5) is 24.4. The minimum Gasteiger partial charge on any atom is -0.466 e. The van der Waals surface area contributed by atoms with Crippen LogP contribution in [0.2, 0.25) is 0 Å². The molecule has 0 aromatic carbocycles. The second-order valence-corrected chi connectivity index (χ2v) is 17.1. The molecule has 336 valence electrons. The molecule has 57 heavy (non-hydrogen) atoms. The molecule has 0 aliphatic heterocycles. The van der Waals surface area contributed by atoms with E-state index in [4.69, 9.17) is 4.74 Å². The molecule has 0 spiro atoms. The molecule has 0 heterocycles. The van der Waals surface area contributed by atoms with E-state index in [0.717, 1.165) is 57.8 Å². The lowest BCUT2D eigenvalue weighted by molar-refractivity contribution is -0.143. The van der Waals surface area contributed by atoms with Gasteiger partial charge in [0.1, 0.15) is 0 Å². The van der Waals surface area contributed by atoms with Crippen LogP contribution in [-0.2, 0) is 14.3 Å². The van der Waals surface area contributed by atoms with Gasteiger partial charge < -0.3 is 20.3 Å². The fourth-order valence-electron chi connectivity index (χ4n) is 7.57. The second kappa shape index (κ2) is 47.0. The maximum Gasteiger partial charge on any atom is 0.305 e. The highest BCUT2D eigenvalue weighted by molar-refractivity contribution is 5.76. The van der Waals surface area contributed by atoms with Gasteiger partial charge in [-0.15, -0.1) is 0 Å². The SMILES string of the molecule is CCCCCCCCC/C=C\CCCCCCCCCC(=O)OCCCCCCCCCCCCCC(=O)NC(CO)C(O)/C=C/CCCCCCCCCCC. The monoisotopic (exact) mass is 804 g/mol. The highest BCUT2D eigenvalue weighted by atomic mass is 16.5. The van der Waals surface area contributed by atoms with Crippen molar-refractivity contribution in [3.63, 3.8) is 0 Å². The third-order valence-corrected chi connectivity index (χ3v) is 11.5. The summed E-state index contributed by atoms with van der Waals surface area (Å²) in [5.74, 6) is -0.107. The topological polar surface area (TPSA) is 95.9 Å². The first-order valence-electron chi connectivity index (χ1n) is 25.1. The average molecular weight is 804 g/mol. The van der Waals surface area contributed by atoms with Gasteiger partial charge in [-0.3, -0.25) is 9.59 Å². The number of amides is 1. The first kappa shape index (κ1) is 55.3. The van der Waals surface area contributed by atoms with Gasteiger partial charge in [-0.25, -0.2) is 0 Å². The molecule has 3 N–H and O–H groups in total. The molecule has 0 aromatic heterocycles. The fraction of sp³-hybridized carbons (Fsp3) is 0.882. The molecule has 0 bridgehead atoms. The number of aliphatic hydroxyl groups excluding tert-OH is 2. The van der Waals surface area contributed by atoms with Crippen LogP contribution < -0.4 is 5.32 Å². The van der Waals surface area contributed by atoms with E-state index in [0.29, 0.717) is 19.4 Å². The molecule has 0 saturated carbocycles. The van der Waals surface area contributed by atoms with Gasteiger partial charge in [0.2, 0.25) is 5.91 Å². The van der Waals surface area contributed by atoms with Crippen LogP contribution in [0.15, 0.2) is 24.3 Å². The number of hydrogen-bond acceptors (Lipinski definition) is 5. The van der Waals surface area contributed by atoms with E-state index in [1.165, 1.54) is 180 Å². The van der Waals surface area contributed by atoms with Crippen molar-refractivity contribution in [3.8, 4) is 0 Å². The zero-order valence-corrected chi connectivity index (χ0v) is 38.1. The molecule has 0 fully saturated rings. The van der Waals surface area contributed by atoms with Gasteiger partial charge in [-0.1, -0.05) is 218 Å². The van der Waals surface area contributed by atoms with Crippen LogP contribution in [-0.4, -0.2) is 47.4 Å². The number of aliphatic hydroxyl groups is 2. The Morgan fingerprint density at radius 1 is 0.474 bits per heavy atom. The Bertz CT molecular complexity index is 889. The molecule has 6 heteroatoms. The lowest BCUT2D eigenvalue weighted by Gasteiger charge is -2.20. The second-order valence-electron chi connectivity index (χ2n) is 17.1. The number of allylic oxidation sites excluding steroid dienone is 3. The van der Waals surface area contributed by atoms with Gasteiger partial charge in [-0.05, 0) is 57.8 Å². The molecule has 0 aliphatic carbocycles. The summed E-state index contributed by atoms with van der Waals surface area (Å²) < 4.78 is 5.46. The Hall–Kier alpha value is -1.66. The number of carbonyl (C=O) groups is 2. The Labute approximate surface area is 354 Å². The molecule has 0 aromatic rings. The van der Waals surface area contributed by atoms with Crippen LogP contribution in [0, 0.1) is 0 Å². The number of carbonyl (C=O) groups excluding carboxylic acids is 2. The summed E-state index contributed by atoms with van der Waals surface area (Å²) in [6.07, 6.45) is 54.6. The Morgan fingerprint density at radius 2 is 0.825 bits per heavy atom. The van der Waals surface area contributed by atoms with Gasteiger partial charge in [0.25, 0.3) is 0 Å². The number of unbranched alkanes of at least 4 members (excludes halogenated alkanes) is 33. The van der Waals surface area contributed by atoms with Crippen LogP contribution in [0.1, 0.15) is 264 Å². The van der Waals surface area contributed by atoms with Crippen LogP contribution in [0.5, 0.6) is 0 Å². The van der Waals surface area contributed by atoms with E-state index in [9.17, 15) is 19.8 Å². The van der Waals surface area contributed by atoms with Gasteiger partial charge in [0.05, 0.1) is 25.4 Å². The average Bonchev–Trinajstić information content (AvgIpc) is 3.21. The van der Waals surface area contributed by atoms with Gasteiger partial charge >= 0.3 is 5.97 Å². The number of rotatable bonds is 46. The molecule has 0 saturated heterocycles. The first-order valence-corrected chi connectivity index (χ1v) is 25.1. The quantitative estimate of drug-likeness (QED) is 0.0324. The van der Waals surface area contributed by atoms with Crippen molar-refractivity contribution in [2.75, 3.05) is 13.2 Å². The van der Waals surface area contributed by atoms with Gasteiger partial charge in [0.15, 0.2) is 0 Å². The minimum absolute atomic E-state index is 0.0190. The van der Waals surface area contributed by atoms with Gasteiger partial charge in [-0.2, -0.15) is 0 Å². The third kappa shape index (κ3) is 43.7. The maximum absolute atomic E-state index is 12.4. The molecular formula is C51H97NO5. The molecule has 2 atom stereocenters. The predicted octanol–water partition coefficient (Wildman–Crippen LogP) is 14.7. The van der Waals surface area contributed by atoms with Crippen molar-refractivity contribution in [2.24, 2.45) is 0 Å². The number of nitrogens with one attached hydrogen (secondary N) is 1.